The molecule has 0 amide bonds. The van der Waals surface area contributed by atoms with E-state index in [1.807, 2.05) is 19.1 Å². The molecule has 2 rings (SSSR count). The number of aliphatic hydroxyl groups excluding tert-OH is 1. The Labute approximate surface area is 110 Å². The predicted molar refractivity (Wildman–Crippen MR) is 69.7 cm³/mol. The van der Waals surface area contributed by atoms with Gasteiger partial charge in [0.05, 0.1) is 17.8 Å². The number of hydrogen-bond acceptors (Lipinski definition) is 4. The first-order valence-corrected chi connectivity index (χ1v) is 5.81. The average Bonchev–Trinajstić information content (AvgIpc) is 2.37. The van der Waals surface area contributed by atoms with Gasteiger partial charge in [-0.2, -0.15) is 0 Å². The first-order valence-electron chi connectivity index (χ1n) is 5.43. The van der Waals surface area contributed by atoms with Gasteiger partial charge in [-0.15, -0.1) is 0 Å². The van der Waals surface area contributed by atoms with Crippen LogP contribution in [0.25, 0.3) is 11.3 Å². The van der Waals surface area contributed by atoms with Crippen LogP contribution >= 0.6 is 11.6 Å². The number of aromatic nitrogens is 2. The monoisotopic (exact) mass is 264 g/mol. The fraction of sp³-hybridized carbons (Fsp3) is 0.231. The molecule has 0 spiro atoms. The summed E-state index contributed by atoms with van der Waals surface area (Å²) >= 11 is 6.08. The van der Waals surface area contributed by atoms with Crippen molar-refractivity contribution in [2.45, 2.75) is 13.5 Å². The Kier molecular flexibility index (Phi) is 3.79. The second-order valence-corrected chi connectivity index (χ2v) is 4.23. The fourth-order valence-corrected chi connectivity index (χ4v) is 1.93. The Balaban J connectivity index is 2.48. The average molecular weight is 265 g/mol. The van der Waals surface area contributed by atoms with Gasteiger partial charge in [0.1, 0.15) is 12.4 Å². The maximum Gasteiger partial charge on any atom is 0.154 e. The van der Waals surface area contributed by atoms with E-state index in [0.29, 0.717) is 16.6 Å². The summed E-state index contributed by atoms with van der Waals surface area (Å²) in [7, 11) is 1.57. The highest BCUT2D eigenvalue weighted by molar-refractivity contribution is 6.32. The zero-order chi connectivity index (χ0) is 13.1. The van der Waals surface area contributed by atoms with Crippen LogP contribution in [0.1, 0.15) is 11.5 Å². The molecule has 5 heteroatoms. The predicted octanol–water partition coefficient (Wildman–Crippen LogP) is 2.61. The Hall–Kier alpha value is -1.65. The highest BCUT2D eigenvalue weighted by Crippen LogP contribution is 2.29. The number of methoxy groups -OCH3 is 1. The lowest BCUT2D eigenvalue weighted by atomic mass is 10.1. The summed E-state index contributed by atoms with van der Waals surface area (Å²) in [5, 5.41) is 9.62. The molecule has 0 saturated heterocycles. The molecule has 0 radical (unpaired) electrons. The van der Waals surface area contributed by atoms with Crippen LogP contribution in [-0.2, 0) is 6.61 Å². The van der Waals surface area contributed by atoms with Crippen LogP contribution in [0.15, 0.2) is 24.3 Å². The Morgan fingerprint density at radius 2 is 2.06 bits per heavy atom. The minimum atomic E-state index is -0.182. The Morgan fingerprint density at radius 3 is 2.67 bits per heavy atom. The van der Waals surface area contributed by atoms with E-state index in [4.69, 9.17) is 21.4 Å². The van der Waals surface area contributed by atoms with Crippen molar-refractivity contribution in [3.05, 3.63) is 40.8 Å². The van der Waals surface area contributed by atoms with Gasteiger partial charge >= 0.3 is 0 Å². The van der Waals surface area contributed by atoms with Crippen molar-refractivity contribution < 1.29 is 9.84 Å². The lowest BCUT2D eigenvalue weighted by molar-refractivity contribution is 0.271. The van der Waals surface area contributed by atoms with Gasteiger partial charge in [-0.1, -0.05) is 11.6 Å². The summed E-state index contributed by atoms with van der Waals surface area (Å²) in [6.07, 6.45) is 0. The standard InChI is InChI=1S/C13H13ClN2O2/c1-8-5-11(16-13(7-17)15-8)9-3-4-12(18-2)10(14)6-9/h3-6,17H,7H2,1-2H3. The van der Waals surface area contributed by atoms with Crippen LogP contribution in [-0.4, -0.2) is 22.2 Å². The highest BCUT2D eigenvalue weighted by Gasteiger charge is 2.07. The number of ether oxygens (including phenoxy) is 1. The minimum absolute atomic E-state index is 0.182. The fourth-order valence-electron chi connectivity index (χ4n) is 1.67. The van der Waals surface area contributed by atoms with Gasteiger partial charge in [0.25, 0.3) is 0 Å². The number of rotatable bonds is 3. The van der Waals surface area contributed by atoms with Crippen LogP contribution in [0.5, 0.6) is 5.75 Å². The van der Waals surface area contributed by atoms with E-state index in [1.165, 1.54) is 0 Å². The Morgan fingerprint density at radius 1 is 1.28 bits per heavy atom. The van der Waals surface area contributed by atoms with Crippen LogP contribution in [0.4, 0.5) is 0 Å². The van der Waals surface area contributed by atoms with Crippen molar-refractivity contribution in [3.63, 3.8) is 0 Å². The molecule has 0 unspecified atom stereocenters. The second-order valence-electron chi connectivity index (χ2n) is 3.82. The minimum Gasteiger partial charge on any atom is -0.495 e. The topological polar surface area (TPSA) is 55.2 Å². The zero-order valence-corrected chi connectivity index (χ0v) is 10.9. The largest absolute Gasteiger partial charge is 0.495 e. The third-order valence-corrected chi connectivity index (χ3v) is 2.78. The highest BCUT2D eigenvalue weighted by atomic mass is 35.5. The van der Waals surface area contributed by atoms with Crippen molar-refractivity contribution >= 4 is 11.6 Å². The van der Waals surface area contributed by atoms with Gasteiger partial charge in [-0.05, 0) is 31.2 Å². The third-order valence-electron chi connectivity index (χ3n) is 2.49. The number of benzene rings is 1. The van der Waals surface area contributed by atoms with Gasteiger partial charge in [-0.25, -0.2) is 9.97 Å². The van der Waals surface area contributed by atoms with E-state index in [0.717, 1.165) is 17.0 Å². The molecule has 1 heterocycles. The molecular weight excluding hydrogens is 252 g/mol. The second kappa shape index (κ2) is 5.33. The summed E-state index contributed by atoms with van der Waals surface area (Å²) in [4.78, 5) is 8.37. The van der Waals surface area contributed by atoms with Gasteiger partial charge in [0.2, 0.25) is 0 Å². The molecule has 94 valence electrons. The van der Waals surface area contributed by atoms with Crippen molar-refractivity contribution in [2.24, 2.45) is 0 Å². The van der Waals surface area contributed by atoms with Gasteiger partial charge in [-0.3, -0.25) is 0 Å². The number of aliphatic hydroxyl groups is 1. The number of halogens is 1. The van der Waals surface area contributed by atoms with E-state index in [9.17, 15) is 0 Å². The summed E-state index contributed by atoms with van der Waals surface area (Å²) < 4.78 is 5.10. The van der Waals surface area contributed by atoms with Crippen molar-refractivity contribution in [1.82, 2.24) is 9.97 Å². The molecule has 4 nitrogen and oxygen atoms in total. The lowest BCUT2D eigenvalue weighted by Crippen LogP contribution is -1.98. The number of hydrogen-bond donors (Lipinski definition) is 1. The van der Waals surface area contributed by atoms with Crippen molar-refractivity contribution in [1.29, 1.82) is 0 Å². The zero-order valence-electron chi connectivity index (χ0n) is 10.1. The first kappa shape index (κ1) is 12.8. The molecule has 0 atom stereocenters. The summed E-state index contributed by atoms with van der Waals surface area (Å²) in [5.74, 6) is 1.02. The van der Waals surface area contributed by atoms with Crippen LogP contribution in [0, 0.1) is 6.92 Å². The molecule has 0 fully saturated rings. The molecule has 2 aromatic rings. The van der Waals surface area contributed by atoms with Gasteiger partial charge < -0.3 is 9.84 Å². The number of nitrogens with zero attached hydrogens (tertiary/aromatic N) is 2. The van der Waals surface area contributed by atoms with E-state index in [1.54, 1.807) is 19.2 Å². The quantitative estimate of drug-likeness (QED) is 0.926. The normalized spacial score (nSPS) is 10.4. The van der Waals surface area contributed by atoms with E-state index in [2.05, 4.69) is 9.97 Å². The molecule has 0 aliphatic carbocycles. The smallest absolute Gasteiger partial charge is 0.154 e. The maximum absolute atomic E-state index is 9.10. The molecular formula is C13H13ClN2O2. The third kappa shape index (κ3) is 2.60. The molecule has 0 aliphatic heterocycles. The van der Waals surface area contributed by atoms with Crippen LogP contribution in [0.2, 0.25) is 5.02 Å². The van der Waals surface area contributed by atoms with E-state index in [-0.39, 0.29) is 6.61 Å². The summed E-state index contributed by atoms with van der Waals surface area (Å²) in [6.45, 7) is 1.67. The SMILES string of the molecule is COc1ccc(-c2cc(C)nc(CO)n2)cc1Cl. The molecule has 1 aromatic carbocycles. The molecule has 1 aromatic heterocycles. The maximum atomic E-state index is 9.10. The van der Waals surface area contributed by atoms with Crippen LogP contribution in [0.3, 0.4) is 0 Å². The molecule has 0 bridgehead atoms. The molecule has 0 aliphatic rings. The molecule has 0 saturated carbocycles. The van der Waals surface area contributed by atoms with Gasteiger partial charge in [0.15, 0.2) is 5.82 Å². The lowest BCUT2D eigenvalue weighted by Gasteiger charge is -2.07. The first-order chi connectivity index (χ1) is 8.63. The summed E-state index contributed by atoms with van der Waals surface area (Å²) in [6, 6.07) is 7.28. The van der Waals surface area contributed by atoms with E-state index < -0.39 is 0 Å². The number of aryl methyl sites for hydroxylation is 1. The Bertz CT molecular complexity index is 573. The van der Waals surface area contributed by atoms with Gasteiger partial charge in [0, 0.05) is 11.3 Å². The molecule has 1 N–H and O–H groups in total. The van der Waals surface area contributed by atoms with E-state index >= 15 is 0 Å². The molecule has 18 heavy (non-hydrogen) atoms. The van der Waals surface area contributed by atoms with Crippen molar-refractivity contribution in [3.8, 4) is 17.0 Å². The van der Waals surface area contributed by atoms with Crippen LogP contribution < -0.4 is 4.74 Å². The van der Waals surface area contributed by atoms with Crippen molar-refractivity contribution in [2.75, 3.05) is 7.11 Å². The summed E-state index contributed by atoms with van der Waals surface area (Å²) in [5.41, 5.74) is 2.40.